The number of nitrogens with one attached hydrogen (secondary N) is 1. The van der Waals surface area contributed by atoms with E-state index in [-0.39, 0.29) is 11.9 Å². The van der Waals surface area contributed by atoms with Crippen LogP contribution < -0.4 is 11.1 Å². The van der Waals surface area contributed by atoms with Crippen molar-refractivity contribution in [2.75, 3.05) is 6.54 Å². The Kier molecular flexibility index (Phi) is 6.48. The van der Waals surface area contributed by atoms with Crippen LogP contribution in [0.1, 0.15) is 48.3 Å². The predicted octanol–water partition coefficient (Wildman–Crippen LogP) is 2.37. The van der Waals surface area contributed by atoms with Crippen LogP contribution in [0.4, 0.5) is 0 Å². The molecule has 1 heterocycles. The Balaban J connectivity index is 2.63. The van der Waals surface area contributed by atoms with Gasteiger partial charge in [0.05, 0.1) is 17.0 Å². The summed E-state index contributed by atoms with van der Waals surface area (Å²) in [4.78, 5) is 12.9. The highest BCUT2D eigenvalue weighted by Crippen LogP contribution is 2.14. The molecule has 98 valence electrons. The van der Waals surface area contributed by atoms with Crippen LogP contribution in [0, 0.1) is 11.8 Å². The summed E-state index contributed by atoms with van der Waals surface area (Å²) in [5, 5.41) is 4.89. The largest absolute Gasteiger partial charge is 0.349 e. The molecule has 18 heavy (non-hydrogen) atoms. The quantitative estimate of drug-likeness (QED) is 0.802. The van der Waals surface area contributed by atoms with E-state index in [1.54, 1.807) is 0 Å². The second-order valence-corrected chi connectivity index (χ2v) is 4.98. The maximum atomic E-state index is 12.0. The summed E-state index contributed by atoms with van der Waals surface area (Å²) in [7, 11) is 0. The topological polar surface area (TPSA) is 55.1 Å². The van der Waals surface area contributed by atoms with E-state index in [4.69, 9.17) is 5.73 Å². The van der Waals surface area contributed by atoms with Crippen LogP contribution in [-0.4, -0.2) is 18.5 Å². The fourth-order valence-electron chi connectivity index (χ4n) is 1.65. The minimum atomic E-state index is -0.00708. The first kappa shape index (κ1) is 14.7. The van der Waals surface area contributed by atoms with E-state index in [0.717, 1.165) is 24.1 Å². The van der Waals surface area contributed by atoms with Gasteiger partial charge in [0, 0.05) is 11.4 Å². The van der Waals surface area contributed by atoms with Crippen molar-refractivity contribution in [2.45, 2.75) is 39.2 Å². The number of hydrogen-bond donors (Lipinski definition) is 2. The Morgan fingerprint density at radius 2 is 2.33 bits per heavy atom. The molecule has 4 heteroatoms. The van der Waals surface area contributed by atoms with Gasteiger partial charge in [-0.2, -0.15) is 0 Å². The van der Waals surface area contributed by atoms with Gasteiger partial charge in [-0.05, 0) is 18.9 Å². The lowest BCUT2D eigenvalue weighted by atomic mass is 10.1. The van der Waals surface area contributed by atoms with Crippen molar-refractivity contribution in [3.8, 4) is 11.8 Å². The first-order valence-electron chi connectivity index (χ1n) is 6.29. The van der Waals surface area contributed by atoms with E-state index in [1.807, 2.05) is 11.4 Å². The highest BCUT2D eigenvalue weighted by Gasteiger charge is 2.12. The lowest BCUT2D eigenvalue weighted by molar-refractivity contribution is 0.0934. The Morgan fingerprint density at radius 3 is 2.94 bits per heavy atom. The summed E-state index contributed by atoms with van der Waals surface area (Å²) in [5.41, 5.74) is 6.00. The Morgan fingerprint density at radius 1 is 1.56 bits per heavy atom. The number of hydrogen-bond acceptors (Lipinski definition) is 3. The molecule has 3 N–H and O–H groups in total. The van der Waals surface area contributed by atoms with Crippen molar-refractivity contribution < 1.29 is 4.79 Å². The number of carbonyl (C=O) groups excluding carboxylic acids is 1. The van der Waals surface area contributed by atoms with E-state index >= 15 is 0 Å². The van der Waals surface area contributed by atoms with Crippen LogP contribution in [0.25, 0.3) is 0 Å². The maximum absolute atomic E-state index is 12.0. The molecule has 0 saturated heterocycles. The van der Waals surface area contributed by atoms with Crippen molar-refractivity contribution in [2.24, 2.45) is 5.73 Å². The van der Waals surface area contributed by atoms with Gasteiger partial charge in [0.1, 0.15) is 0 Å². The molecule has 0 radical (unpaired) electrons. The molecule has 0 fully saturated rings. The van der Waals surface area contributed by atoms with Gasteiger partial charge in [-0.3, -0.25) is 4.79 Å². The summed E-state index contributed by atoms with van der Waals surface area (Å²) in [6, 6.07) is 2.09. The number of amides is 1. The minimum Gasteiger partial charge on any atom is -0.349 e. The third-order valence-corrected chi connectivity index (χ3v) is 3.49. The van der Waals surface area contributed by atoms with E-state index in [0.29, 0.717) is 12.1 Å². The summed E-state index contributed by atoms with van der Waals surface area (Å²) >= 11 is 1.48. The molecule has 1 rings (SSSR count). The van der Waals surface area contributed by atoms with Crippen LogP contribution in [0.5, 0.6) is 0 Å². The summed E-state index contributed by atoms with van der Waals surface area (Å²) in [5.74, 6) is 5.71. The number of rotatable bonds is 5. The Bertz CT molecular complexity index is 442. The van der Waals surface area contributed by atoms with Gasteiger partial charge in [-0.15, -0.1) is 11.3 Å². The number of carbonyl (C=O) groups is 1. The maximum Gasteiger partial charge on any atom is 0.252 e. The second kappa shape index (κ2) is 7.91. The van der Waals surface area contributed by atoms with E-state index < -0.39 is 0 Å². The standard InChI is InChI=1S/C14H20N2OS/c1-3-6-12(4-2)16-14(17)11-9-13(18-10-11)7-5-8-15/h9-10,12H,3-4,6,8,15H2,1-2H3,(H,16,17). The average molecular weight is 264 g/mol. The van der Waals surface area contributed by atoms with Crippen LogP contribution in [0.2, 0.25) is 0 Å². The first-order valence-corrected chi connectivity index (χ1v) is 7.17. The van der Waals surface area contributed by atoms with E-state index in [9.17, 15) is 4.79 Å². The molecule has 0 spiro atoms. The van der Waals surface area contributed by atoms with Gasteiger partial charge < -0.3 is 11.1 Å². The number of nitrogens with two attached hydrogens (primary N) is 1. The molecule has 1 amide bonds. The van der Waals surface area contributed by atoms with Gasteiger partial charge in [-0.1, -0.05) is 32.1 Å². The highest BCUT2D eigenvalue weighted by molar-refractivity contribution is 7.10. The molecule has 1 aromatic rings. The molecule has 0 bridgehead atoms. The molecule has 3 nitrogen and oxygen atoms in total. The number of thiophene rings is 1. The van der Waals surface area contributed by atoms with Gasteiger partial charge in [0.2, 0.25) is 0 Å². The molecule has 1 atom stereocenters. The Hall–Kier alpha value is -1.31. The lowest BCUT2D eigenvalue weighted by Gasteiger charge is -2.15. The second-order valence-electron chi connectivity index (χ2n) is 4.07. The molecule has 0 aromatic carbocycles. The van der Waals surface area contributed by atoms with E-state index in [1.165, 1.54) is 11.3 Å². The van der Waals surface area contributed by atoms with Crippen molar-refractivity contribution in [3.05, 3.63) is 21.9 Å². The van der Waals surface area contributed by atoms with Crippen LogP contribution >= 0.6 is 11.3 Å². The SMILES string of the molecule is CCCC(CC)NC(=O)c1csc(C#CCN)c1. The van der Waals surface area contributed by atoms with Gasteiger partial charge in [0.15, 0.2) is 0 Å². The fourth-order valence-corrected chi connectivity index (χ4v) is 2.41. The van der Waals surface area contributed by atoms with Crippen LogP contribution in [-0.2, 0) is 0 Å². The predicted molar refractivity (Wildman–Crippen MR) is 76.7 cm³/mol. The summed E-state index contributed by atoms with van der Waals surface area (Å²) in [6.07, 6.45) is 3.06. The molecular weight excluding hydrogens is 244 g/mol. The zero-order valence-electron chi connectivity index (χ0n) is 11.0. The first-order chi connectivity index (χ1) is 8.71. The normalized spacial score (nSPS) is 11.5. The lowest BCUT2D eigenvalue weighted by Crippen LogP contribution is -2.33. The van der Waals surface area contributed by atoms with Crippen molar-refractivity contribution in [1.29, 1.82) is 0 Å². The smallest absolute Gasteiger partial charge is 0.252 e. The third kappa shape index (κ3) is 4.52. The van der Waals surface area contributed by atoms with Crippen molar-refractivity contribution in [3.63, 3.8) is 0 Å². The fraction of sp³-hybridized carbons (Fsp3) is 0.500. The monoisotopic (exact) mass is 264 g/mol. The van der Waals surface area contributed by atoms with Crippen LogP contribution in [0.15, 0.2) is 11.4 Å². The van der Waals surface area contributed by atoms with Crippen molar-refractivity contribution in [1.82, 2.24) is 5.32 Å². The molecule has 0 aliphatic rings. The molecule has 0 aliphatic carbocycles. The minimum absolute atomic E-state index is 0.00708. The zero-order valence-corrected chi connectivity index (χ0v) is 11.8. The summed E-state index contributed by atoms with van der Waals surface area (Å²) < 4.78 is 0. The highest BCUT2D eigenvalue weighted by atomic mass is 32.1. The molecule has 1 unspecified atom stereocenters. The van der Waals surface area contributed by atoms with Crippen molar-refractivity contribution >= 4 is 17.2 Å². The van der Waals surface area contributed by atoms with E-state index in [2.05, 4.69) is 31.0 Å². The van der Waals surface area contributed by atoms with Crippen LogP contribution in [0.3, 0.4) is 0 Å². The Labute approximate surface area is 113 Å². The van der Waals surface area contributed by atoms with Gasteiger partial charge >= 0.3 is 0 Å². The average Bonchev–Trinajstić information content (AvgIpc) is 2.84. The zero-order chi connectivity index (χ0) is 13.4. The molecule has 1 aromatic heterocycles. The van der Waals surface area contributed by atoms with Gasteiger partial charge in [0.25, 0.3) is 5.91 Å². The molecule has 0 saturated carbocycles. The van der Waals surface area contributed by atoms with Gasteiger partial charge in [-0.25, -0.2) is 0 Å². The molecular formula is C14H20N2OS. The molecule has 0 aliphatic heterocycles. The third-order valence-electron chi connectivity index (χ3n) is 2.64. The summed E-state index contributed by atoms with van der Waals surface area (Å²) in [6.45, 7) is 4.56.